The third-order valence-corrected chi connectivity index (χ3v) is 3.46. The van der Waals surface area contributed by atoms with Gasteiger partial charge in [-0.3, -0.25) is 0 Å². The van der Waals surface area contributed by atoms with E-state index in [1.807, 2.05) is 24.3 Å². The molecule has 108 valence electrons. The van der Waals surface area contributed by atoms with Gasteiger partial charge < -0.3 is 15.2 Å². The number of pyridine rings is 1. The number of methoxy groups -OCH3 is 1. The van der Waals surface area contributed by atoms with Gasteiger partial charge in [-0.05, 0) is 30.9 Å². The molecule has 0 aliphatic heterocycles. The van der Waals surface area contributed by atoms with Crippen LogP contribution in [-0.2, 0) is 0 Å². The predicted molar refractivity (Wildman–Crippen MR) is 82.3 cm³/mol. The lowest BCUT2D eigenvalue weighted by atomic mass is 10.1. The normalized spacial score (nSPS) is 12.3. The Hall–Kier alpha value is -1.81. The Morgan fingerprint density at radius 2 is 2.15 bits per heavy atom. The molecule has 2 rings (SSSR count). The zero-order valence-corrected chi connectivity index (χ0v) is 12.1. The fourth-order valence-electron chi connectivity index (χ4n) is 2.25. The lowest BCUT2D eigenvalue weighted by molar-refractivity contribution is 0.229. The Bertz CT molecular complexity index is 557. The van der Waals surface area contributed by atoms with Gasteiger partial charge in [-0.25, -0.2) is 4.98 Å². The largest absolute Gasteiger partial charge is 0.496 e. The molecule has 4 heteroatoms. The highest BCUT2D eigenvalue weighted by Crippen LogP contribution is 2.28. The Kier molecular flexibility index (Phi) is 5.18. The van der Waals surface area contributed by atoms with Gasteiger partial charge >= 0.3 is 0 Å². The maximum atomic E-state index is 9.00. The van der Waals surface area contributed by atoms with Crippen LogP contribution in [0.2, 0.25) is 0 Å². The van der Waals surface area contributed by atoms with E-state index >= 15 is 0 Å². The molecule has 0 amide bonds. The lowest BCUT2D eigenvalue weighted by Gasteiger charge is -2.12. The van der Waals surface area contributed by atoms with E-state index < -0.39 is 0 Å². The minimum absolute atomic E-state index is 0.254. The molecule has 1 unspecified atom stereocenters. The number of rotatable bonds is 7. The van der Waals surface area contributed by atoms with E-state index in [2.05, 4.69) is 17.2 Å². The van der Waals surface area contributed by atoms with Gasteiger partial charge in [0.25, 0.3) is 0 Å². The van der Waals surface area contributed by atoms with Crippen LogP contribution in [0.4, 0.5) is 5.82 Å². The second-order valence-corrected chi connectivity index (χ2v) is 5.07. The first-order valence-corrected chi connectivity index (χ1v) is 7.02. The van der Waals surface area contributed by atoms with E-state index in [0.29, 0.717) is 5.92 Å². The number of nitrogens with zero attached hydrogens (tertiary/aromatic N) is 1. The summed E-state index contributed by atoms with van der Waals surface area (Å²) in [7, 11) is 1.68. The smallest absolute Gasteiger partial charge is 0.133 e. The molecule has 4 nitrogen and oxygen atoms in total. The summed E-state index contributed by atoms with van der Waals surface area (Å²) in [4.78, 5) is 4.40. The molecule has 1 aromatic carbocycles. The molecule has 0 aliphatic rings. The van der Waals surface area contributed by atoms with Crippen LogP contribution in [0.25, 0.3) is 10.8 Å². The second kappa shape index (κ2) is 7.10. The van der Waals surface area contributed by atoms with E-state index in [1.165, 1.54) is 0 Å². The second-order valence-electron chi connectivity index (χ2n) is 5.07. The summed E-state index contributed by atoms with van der Waals surface area (Å²) in [6, 6.07) is 7.94. The lowest BCUT2D eigenvalue weighted by Crippen LogP contribution is -2.07. The van der Waals surface area contributed by atoms with E-state index in [-0.39, 0.29) is 6.61 Å². The van der Waals surface area contributed by atoms with Crippen molar-refractivity contribution in [1.82, 2.24) is 4.98 Å². The van der Waals surface area contributed by atoms with Crippen LogP contribution < -0.4 is 10.1 Å². The fourth-order valence-corrected chi connectivity index (χ4v) is 2.25. The molecule has 0 saturated carbocycles. The number of ether oxygens (including phenoxy) is 1. The number of aliphatic hydroxyl groups is 1. The van der Waals surface area contributed by atoms with Crippen molar-refractivity contribution >= 4 is 16.6 Å². The van der Waals surface area contributed by atoms with Crippen molar-refractivity contribution in [3.63, 3.8) is 0 Å². The molecule has 0 saturated heterocycles. The minimum atomic E-state index is 0.254. The summed E-state index contributed by atoms with van der Waals surface area (Å²) in [5.74, 6) is 2.11. The van der Waals surface area contributed by atoms with Gasteiger partial charge in [-0.1, -0.05) is 19.1 Å². The molecule has 2 N–H and O–H groups in total. The summed E-state index contributed by atoms with van der Waals surface area (Å²) < 4.78 is 5.37. The van der Waals surface area contributed by atoms with Gasteiger partial charge in [0.05, 0.1) is 7.11 Å². The van der Waals surface area contributed by atoms with Gasteiger partial charge in [0.2, 0.25) is 0 Å². The Balaban J connectivity index is 2.07. The number of anilines is 1. The van der Waals surface area contributed by atoms with Crippen LogP contribution in [0.1, 0.15) is 19.8 Å². The molecule has 1 heterocycles. The van der Waals surface area contributed by atoms with E-state index in [9.17, 15) is 0 Å². The Morgan fingerprint density at radius 3 is 2.90 bits per heavy atom. The molecule has 20 heavy (non-hydrogen) atoms. The maximum Gasteiger partial charge on any atom is 0.133 e. The van der Waals surface area contributed by atoms with Crippen molar-refractivity contribution in [2.45, 2.75) is 19.8 Å². The highest BCUT2D eigenvalue weighted by atomic mass is 16.5. The quantitative estimate of drug-likeness (QED) is 0.762. The number of hydrogen-bond acceptors (Lipinski definition) is 4. The number of nitrogens with one attached hydrogen (secondary N) is 1. The molecule has 0 spiro atoms. The van der Waals surface area contributed by atoms with Crippen molar-refractivity contribution in [2.75, 3.05) is 25.6 Å². The first-order chi connectivity index (χ1) is 9.76. The third kappa shape index (κ3) is 3.39. The minimum Gasteiger partial charge on any atom is -0.496 e. The van der Waals surface area contributed by atoms with Gasteiger partial charge in [0.1, 0.15) is 11.6 Å². The van der Waals surface area contributed by atoms with Crippen LogP contribution in [0.15, 0.2) is 30.5 Å². The highest BCUT2D eigenvalue weighted by Gasteiger charge is 2.06. The van der Waals surface area contributed by atoms with Crippen molar-refractivity contribution in [1.29, 1.82) is 0 Å². The monoisotopic (exact) mass is 274 g/mol. The van der Waals surface area contributed by atoms with E-state index in [1.54, 1.807) is 13.3 Å². The van der Waals surface area contributed by atoms with E-state index in [4.69, 9.17) is 9.84 Å². The molecule has 2 aromatic rings. The predicted octanol–water partition coefficient (Wildman–Crippen LogP) is 3.06. The number of aliphatic hydroxyl groups excluding tert-OH is 1. The number of benzene rings is 1. The van der Waals surface area contributed by atoms with Crippen LogP contribution in [0.5, 0.6) is 5.75 Å². The van der Waals surface area contributed by atoms with Crippen molar-refractivity contribution < 1.29 is 9.84 Å². The van der Waals surface area contributed by atoms with E-state index in [0.717, 1.165) is 41.7 Å². The standard InChI is InChI=1S/C16H22N2O2/c1-12(11-19)5-4-9-17-16-14-6-3-7-15(20-2)13(14)8-10-18-16/h3,6-8,10,12,19H,4-5,9,11H2,1-2H3,(H,17,18). The zero-order chi connectivity index (χ0) is 14.4. The molecule has 0 aliphatic carbocycles. The maximum absolute atomic E-state index is 9.00. The van der Waals surface area contributed by atoms with Crippen LogP contribution in [0.3, 0.4) is 0 Å². The molecule has 1 atom stereocenters. The Morgan fingerprint density at radius 1 is 1.30 bits per heavy atom. The van der Waals surface area contributed by atoms with Crippen LogP contribution >= 0.6 is 0 Å². The molecule has 0 radical (unpaired) electrons. The molecular formula is C16H22N2O2. The SMILES string of the molecule is COc1cccc2c(NCCCC(C)CO)nccc12. The van der Waals surface area contributed by atoms with Gasteiger partial charge in [0.15, 0.2) is 0 Å². The van der Waals surface area contributed by atoms with Crippen molar-refractivity contribution in [3.8, 4) is 5.75 Å². The molecule has 1 aromatic heterocycles. The molecular weight excluding hydrogens is 252 g/mol. The average Bonchev–Trinajstić information content (AvgIpc) is 2.50. The van der Waals surface area contributed by atoms with Crippen molar-refractivity contribution in [2.24, 2.45) is 5.92 Å². The summed E-state index contributed by atoms with van der Waals surface area (Å²) in [5.41, 5.74) is 0. The van der Waals surface area contributed by atoms with Crippen LogP contribution in [0, 0.1) is 5.92 Å². The molecule has 0 fully saturated rings. The topological polar surface area (TPSA) is 54.4 Å². The number of fused-ring (bicyclic) bond motifs is 1. The first kappa shape index (κ1) is 14.6. The Labute approximate surface area is 119 Å². The van der Waals surface area contributed by atoms with Crippen LogP contribution in [-0.4, -0.2) is 30.4 Å². The zero-order valence-electron chi connectivity index (χ0n) is 12.1. The summed E-state index contributed by atoms with van der Waals surface area (Å²) in [6.07, 6.45) is 3.82. The molecule has 0 bridgehead atoms. The third-order valence-electron chi connectivity index (χ3n) is 3.46. The number of aromatic nitrogens is 1. The number of hydrogen-bond donors (Lipinski definition) is 2. The summed E-state index contributed by atoms with van der Waals surface area (Å²) in [6.45, 7) is 3.17. The highest BCUT2D eigenvalue weighted by molar-refractivity contribution is 5.95. The first-order valence-electron chi connectivity index (χ1n) is 7.02. The summed E-state index contributed by atoms with van der Waals surface area (Å²) in [5, 5.41) is 14.5. The van der Waals surface area contributed by atoms with Gasteiger partial charge in [0, 0.05) is 30.1 Å². The summed E-state index contributed by atoms with van der Waals surface area (Å²) >= 11 is 0. The average molecular weight is 274 g/mol. The van der Waals surface area contributed by atoms with Gasteiger partial charge in [-0.15, -0.1) is 0 Å². The van der Waals surface area contributed by atoms with Crippen molar-refractivity contribution in [3.05, 3.63) is 30.5 Å². The van der Waals surface area contributed by atoms with Gasteiger partial charge in [-0.2, -0.15) is 0 Å². The fraction of sp³-hybridized carbons (Fsp3) is 0.438.